The van der Waals surface area contributed by atoms with Gasteiger partial charge in [0.1, 0.15) is 0 Å². The lowest BCUT2D eigenvalue weighted by molar-refractivity contribution is 0.136. The molecule has 0 spiro atoms. The summed E-state index contributed by atoms with van der Waals surface area (Å²) >= 11 is 0. The van der Waals surface area contributed by atoms with Gasteiger partial charge >= 0.3 is 0 Å². The Labute approximate surface area is 99.0 Å². The van der Waals surface area contributed by atoms with Crippen molar-refractivity contribution in [2.75, 3.05) is 26.8 Å². The molecule has 0 aromatic heterocycles. The Hall–Kier alpha value is -0.810. The quantitative estimate of drug-likeness (QED) is 0.225. The first-order valence-corrected chi connectivity index (χ1v) is 5.97. The number of nitrogens with zero attached hydrogens (tertiary/aromatic N) is 2. The van der Waals surface area contributed by atoms with Gasteiger partial charge in [-0.25, -0.2) is 5.84 Å². The normalized spacial score (nSPS) is 13.7. The summed E-state index contributed by atoms with van der Waals surface area (Å²) in [7, 11) is 1.70. The third-order valence-electron chi connectivity index (χ3n) is 2.46. The minimum Gasteiger partial charge on any atom is -0.383 e. The number of nitrogens with one attached hydrogen (secondary N) is 1. The molecular weight excluding hydrogens is 204 g/mol. The van der Waals surface area contributed by atoms with E-state index in [1.165, 1.54) is 0 Å². The number of ether oxygens (including phenoxy) is 1. The van der Waals surface area contributed by atoms with Crippen LogP contribution in [0.4, 0.5) is 0 Å². The molecule has 1 atom stereocenters. The van der Waals surface area contributed by atoms with E-state index in [1.807, 2.05) is 0 Å². The van der Waals surface area contributed by atoms with E-state index in [1.54, 1.807) is 7.11 Å². The monoisotopic (exact) mass is 230 g/mol. The van der Waals surface area contributed by atoms with Gasteiger partial charge in [-0.15, -0.1) is 0 Å². The summed E-state index contributed by atoms with van der Waals surface area (Å²) in [6.45, 7) is 8.67. The van der Waals surface area contributed by atoms with Crippen molar-refractivity contribution in [1.82, 2.24) is 10.3 Å². The van der Waals surface area contributed by atoms with Crippen LogP contribution in [-0.2, 0) is 4.74 Å². The average molecular weight is 230 g/mol. The Morgan fingerprint density at radius 1 is 1.50 bits per heavy atom. The van der Waals surface area contributed by atoms with Crippen LogP contribution in [0.3, 0.4) is 0 Å². The highest BCUT2D eigenvalue weighted by molar-refractivity contribution is 5.79. The highest BCUT2D eigenvalue weighted by atomic mass is 16.5. The Balaban J connectivity index is 4.42. The highest BCUT2D eigenvalue weighted by Gasteiger charge is 2.15. The molecule has 1 unspecified atom stereocenters. The minimum absolute atomic E-state index is 0.270. The van der Waals surface area contributed by atoms with Crippen LogP contribution in [0.15, 0.2) is 4.99 Å². The first-order chi connectivity index (χ1) is 7.71. The lowest BCUT2D eigenvalue weighted by Crippen LogP contribution is -2.50. The van der Waals surface area contributed by atoms with Gasteiger partial charge in [-0.05, 0) is 20.3 Å². The molecule has 0 radical (unpaired) electrons. The zero-order valence-electron chi connectivity index (χ0n) is 11.0. The number of unbranched alkanes of at least 4 members (excludes halogenated alkanes) is 1. The molecule has 0 amide bonds. The van der Waals surface area contributed by atoms with Gasteiger partial charge < -0.3 is 9.64 Å². The molecule has 0 aliphatic carbocycles. The van der Waals surface area contributed by atoms with Gasteiger partial charge in [-0.3, -0.25) is 10.4 Å². The summed E-state index contributed by atoms with van der Waals surface area (Å²) in [5, 5.41) is 0. The fourth-order valence-corrected chi connectivity index (χ4v) is 1.56. The van der Waals surface area contributed by atoms with Crippen molar-refractivity contribution in [2.45, 2.75) is 39.7 Å². The average Bonchev–Trinajstić information content (AvgIpc) is 2.28. The van der Waals surface area contributed by atoms with Gasteiger partial charge in [0.15, 0.2) is 0 Å². The standard InChI is InChI=1S/C11H26N4O/c1-5-7-8-13-11(14-12)15(6-2)10(3)9-16-4/h10H,5-9,12H2,1-4H3,(H,13,14). The molecule has 96 valence electrons. The first-order valence-electron chi connectivity index (χ1n) is 5.97. The summed E-state index contributed by atoms with van der Waals surface area (Å²) in [5.41, 5.74) is 2.67. The number of likely N-dealkylation sites (N-methyl/N-ethyl adjacent to an activating group) is 1. The van der Waals surface area contributed by atoms with Crippen molar-refractivity contribution >= 4 is 5.96 Å². The second-order valence-electron chi connectivity index (χ2n) is 3.79. The van der Waals surface area contributed by atoms with E-state index in [0.717, 1.165) is 31.9 Å². The third-order valence-corrected chi connectivity index (χ3v) is 2.46. The maximum absolute atomic E-state index is 5.50. The summed E-state index contributed by atoms with van der Waals surface area (Å²) < 4.78 is 5.14. The van der Waals surface area contributed by atoms with Crippen LogP contribution in [-0.4, -0.2) is 43.7 Å². The topological polar surface area (TPSA) is 62.9 Å². The molecule has 0 heterocycles. The minimum atomic E-state index is 0.270. The molecule has 0 fully saturated rings. The van der Waals surface area contributed by atoms with Gasteiger partial charge in [0.05, 0.1) is 12.6 Å². The molecule has 3 N–H and O–H groups in total. The second-order valence-corrected chi connectivity index (χ2v) is 3.79. The molecule has 0 saturated heterocycles. The zero-order valence-corrected chi connectivity index (χ0v) is 11.0. The Morgan fingerprint density at radius 3 is 2.62 bits per heavy atom. The van der Waals surface area contributed by atoms with E-state index < -0.39 is 0 Å². The van der Waals surface area contributed by atoms with Crippen molar-refractivity contribution in [3.63, 3.8) is 0 Å². The summed E-state index contributed by atoms with van der Waals surface area (Å²) in [4.78, 5) is 6.57. The number of nitrogens with two attached hydrogens (primary N) is 1. The molecule has 0 aromatic carbocycles. The summed E-state index contributed by atoms with van der Waals surface area (Å²) in [6.07, 6.45) is 2.22. The van der Waals surface area contributed by atoms with Crippen LogP contribution in [0, 0.1) is 0 Å². The molecule has 0 aliphatic heterocycles. The fraction of sp³-hybridized carbons (Fsp3) is 0.909. The summed E-state index contributed by atoms with van der Waals surface area (Å²) in [5.74, 6) is 6.25. The smallest absolute Gasteiger partial charge is 0.208 e. The van der Waals surface area contributed by atoms with E-state index in [4.69, 9.17) is 10.6 Å². The van der Waals surface area contributed by atoms with Crippen LogP contribution in [0.25, 0.3) is 0 Å². The van der Waals surface area contributed by atoms with Crippen molar-refractivity contribution in [3.8, 4) is 0 Å². The Kier molecular flexibility index (Phi) is 8.94. The van der Waals surface area contributed by atoms with Gasteiger partial charge in [0.25, 0.3) is 0 Å². The van der Waals surface area contributed by atoms with Crippen LogP contribution in [0.1, 0.15) is 33.6 Å². The molecule has 5 heteroatoms. The van der Waals surface area contributed by atoms with Crippen LogP contribution in [0.2, 0.25) is 0 Å². The molecule has 0 saturated carbocycles. The fourth-order valence-electron chi connectivity index (χ4n) is 1.56. The maximum atomic E-state index is 5.50. The van der Waals surface area contributed by atoms with Crippen LogP contribution in [0.5, 0.6) is 0 Å². The predicted octanol–water partition coefficient (Wildman–Crippen LogP) is 0.963. The van der Waals surface area contributed by atoms with Gasteiger partial charge in [-0.2, -0.15) is 0 Å². The SMILES string of the molecule is CCCCN=C(NN)N(CC)C(C)COC. The molecule has 0 bridgehead atoms. The third kappa shape index (κ3) is 5.32. The number of rotatable bonds is 7. The molecule has 0 aromatic rings. The molecule has 5 nitrogen and oxygen atoms in total. The van der Waals surface area contributed by atoms with Gasteiger partial charge in [0.2, 0.25) is 5.96 Å². The van der Waals surface area contributed by atoms with E-state index in [9.17, 15) is 0 Å². The van der Waals surface area contributed by atoms with E-state index >= 15 is 0 Å². The number of methoxy groups -OCH3 is 1. The van der Waals surface area contributed by atoms with Crippen LogP contribution >= 0.6 is 0 Å². The number of guanidine groups is 1. The van der Waals surface area contributed by atoms with Gasteiger partial charge in [-0.1, -0.05) is 13.3 Å². The lowest BCUT2D eigenvalue weighted by atomic mass is 10.3. The predicted molar refractivity (Wildman–Crippen MR) is 68.3 cm³/mol. The number of hydrogen-bond donors (Lipinski definition) is 2. The molecule has 0 aliphatic rings. The first kappa shape index (κ1) is 15.2. The van der Waals surface area contributed by atoms with Gasteiger partial charge in [0, 0.05) is 20.2 Å². The van der Waals surface area contributed by atoms with E-state index in [-0.39, 0.29) is 6.04 Å². The van der Waals surface area contributed by atoms with Crippen molar-refractivity contribution in [1.29, 1.82) is 0 Å². The zero-order chi connectivity index (χ0) is 12.4. The highest BCUT2D eigenvalue weighted by Crippen LogP contribution is 2.00. The van der Waals surface area contributed by atoms with Crippen molar-refractivity contribution < 1.29 is 4.74 Å². The Bertz CT molecular complexity index is 196. The van der Waals surface area contributed by atoms with Crippen molar-refractivity contribution in [2.24, 2.45) is 10.8 Å². The molecule has 16 heavy (non-hydrogen) atoms. The number of hydrazine groups is 1. The maximum Gasteiger partial charge on any atom is 0.208 e. The summed E-state index contributed by atoms with van der Waals surface area (Å²) in [6, 6.07) is 0.270. The molecule has 0 rings (SSSR count). The number of hydrogen-bond acceptors (Lipinski definition) is 3. The largest absolute Gasteiger partial charge is 0.383 e. The number of aliphatic imine (C=N–C) groups is 1. The van der Waals surface area contributed by atoms with Crippen molar-refractivity contribution in [3.05, 3.63) is 0 Å². The second kappa shape index (κ2) is 9.42. The Morgan fingerprint density at radius 2 is 2.19 bits per heavy atom. The lowest BCUT2D eigenvalue weighted by Gasteiger charge is -2.30. The van der Waals surface area contributed by atoms with Crippen LogP contribution < -0.4 is 11.3 Å². The van der Waals surface area contributed by atoms with E-state index in [0.29, 0.717) is 6.61 Å². The van der Waals surface area contributed by atoms with E-state index in [2.05, 4.69) is 36.1 Å². The molecular formula is C11H26N4O.